The molecule has 0 spiro atoms. The van der Waals surface area contributed by atoms with Crippen molar-refractivity contribution in [2.24, 2.45) is 0 Å². The Kier molecular flexibility index (Phi) is 5.83. The van der Waals surface area contributed by atoms with Crippen molar-refractivity contribution in [3.8, 4) is 5.75 Å². The monoisotopic (exact) mass is 378 g/mol. The fraction of sp³-hybridized carbons (Fsp3) is 0.304. The third-order valence-corrected chi connectivity index (χ3v) is 4.72. The van der Waals surface area contributed by atoms with Crippen LogP contribution in [0.2, 0.25) is 0 Å². The Balaban J connectivity index is 2.02. The molecule has 0 aliphatic carbocycles. The number of ether oxygens (including phenoxy) is 1. The first-order valence-electron chi connectivity index (χ1n) is 9.67. The van der Waals surface area contributed by atoms with E-state index < -0.39 is 0 Å². The molecule has 0 unspecified atom stereocenters. The van der Waals surface area contributed by atoms with Crippen LogP contribution in [0, 0.1) is 0 Å². The lowest BCUT2D eigenvalue weighted by molar-refractivity contribution is -0.138. The van der Waals surface area contributed by atoms with E-state index in [1.165, 1.54) is 10.5 Å². The fourth-order valence-corrected chi connectivity index (χ4v) is 3.25. The zero-order valence-electron chi connectivity index (χ0n) is 16.8. The normalized spacial score (nSPS) is 14.2. The van der Waals surface area contributed by atoms with Crippen molar-refractivity contribution in [2.45, 2.75) is 40.2 Å². The molecule has 0 fully saturated rings. The molecule has 0 saturated carbocycles. The van der Waals surface area contributed by atoms with E-state index >= 15 is 0 Å². The van der Waals surface area contributed by atoms with Gasteiger partial charge in [0.15, 0.2) is 0 Å². The number of nitrogens with zero attached hydrogens (tertiary/aromatic N) is 1. The van der Waals surface area contributed by atoms with Crippen molar-refractivity contribution in [2.75, 3.05) is 11.9 Å². The summed E-state index contributed by atoms with van der Waals surface area (Å²) in [6.45, 7) is 8.26. The van der Waals surface area contributed by atoms with Crippen LogP contribution in [0.3, 0.4) is 0 Å². The smallest absolute Gasteiger partial charge is 0.278 e. The molecular formula is C23H26N2O3. The molecule has 146 valence electrons. The van der Waals surface area contributed by atoms with E-state index in [0.29, 0.717) is 23.4 Å². The second-order valence-corrected chi connectivity index (χ2v) is 6.96. The van der Waals surface area contributed by atoms with Gasteiger partial charge >= 0.3 is 0 Å². The SMILES string of the molecule is CCOc1ccc(C2=C(Nc3ccc(CC)cc3)C(=O)N(C(C)C)C2=O)cc1. The minimum absolute atomic E-state index is 0.223. The maximum atomic E-state index is 13.0. The van der Waals surface area contributed by atoms with Crippen LogP contribution in [-0.4, -0.2) is 29.4 Å². The molecule has 5 nitrogen and oxygen atoms in total. The number of rotatable bonds is 7. The van der Waals surface area contributed by atoms with E-state index in [2.05, 4.69) is 12.2 Å². The first kappa shape index (κ1) is 19.7. The van der Waals surface area contributed by atoms with Gasteiger partial charge in [0, 0.05) is 11.7 Å². The summed E-state index contributed by atoms with van der Waals surface area (Å²) in [6, 6.07) is 14.9. The van der Waals surface area contributed by atoms with Gasteiger partial charge in [-0.2, -0.15) is 0 Å². The number of benzene rings is 2. The van der Waals surface area contributed by atoms with Gasteiger partial charge in [0.1, 0.15) is 11.4 Å². The van der Waals surface area contributed by atoms with Crippen LogP contribution < -0.4 is 10.1 Å². The second-order valence-electron chi connectivity index (χ2n) is 6.96. The standard InChI is InChI=1S/C23H26N2O3/c1-5-16-7-11-18(12-8-16)24-21-20(22(26)25(15(3)4)23(21)27)17-9-13-19(14-10-17)28-6-2/h7-15,24H,5-6H2,1-4H3. The summed E-state index contributed by atoms with van der Waals surface area (Å²) in [6.07, 6.45) is 0.943. The number of nitrogens with one attached hydrogen (secondary N) is 1. The Bertz CT molecular complexity index is 896. The molecule has 2 aromatic rings. The van der Waals surface area contributed by atoms with Gasteiger partial charge in [-0.15, -0.1) is 0 Å². The van der Waals surface area contributed by atoms with E-state index in [9.17, 15) is 9.59 Å². The Hall–Kier alpha value is -3.08. The average Bonchev–Trinajstić information content (AvgIpc) is 2.93. The number of amides is 2. The molecular weight excluding hydrogens is 352 g/mol. The van der Waals surface area contributed by atoms with Gasteiger partial charge in [-0.1, -0.05) is 31.2 Å². The Morgan fingerprint density at radius 3 is 2.11 bits per heavy atom. The minimum atomic E-state index is -0.302. The maximum Gasteiger partial charge on any atom is 0.278 e. The minimum Gasteiger partial charge on any atom is -0.494 e. The number of carbonyl (C=O) groups is 2. The van der Waals surface area contributed by atoms with Crippen LogP contribution in [-0.2, 0) is 16.0 Å². The Labute approximate surface area is 166 Å². The van der Waals surface area contributed by atoms with Gasteiger partial charge in [0.2, 0.25) is 0 Å². The van der Waals surface area contributed by atoms with Crippen molar-refractivity contribution in [3.63, 3.8) is 0 Å². The molecule has 5 heteroatoms. The molecule has 1 aliphatic heterocycles. The van der Waals surface area contributed by atoms with Crippen molar-refractivity contribution in [1.82, 2.24) is 4.90 Å². The predicted molar refractivity (Wildman–Crippen MR) is 111 cm³/mol. The molecule has 2 aromatic carbocycles. The van der Waals surface area contributed by atoms with Gasteiger partial charge in [-0.25, -0.2) is 0 Å². The van der Waals surface area contributed by atoms with Crippen molar-refractivity contribution in [3.05, 3.63) is 65.4 Å². The zero-order valence-corrected chi connectivity index (χ0v) is 16.8. The molecule has 1 aliphatic rings. The summed E-state index contributed by atoms with van der Waals surface area (Å²) in [5, 5.41) is 3.18. The van der Waals surface area contributed by atoms with Crippen molar-refractivity contribution in [1.29, 1.82) is 0 Å². The lowest BCUT2D eigenvalue weighted by Crippen LogP contribution is -2.38. The first-order chi connectivity index (χ1) is 13.5. The molecule has 2 amide bonds. The summed E-state index contributed by atoms with van der Waals surface area (Å²) >= 11 is 0. The number of anilines is 1. The fourth-order valence-electron chi connectivity index (χ4n) is 3.25. The highest BCUT2D eigenvalue weighted by atomic mass is 16.5. The maximum absolute atomic E-state index is 13.0. The van der Waals surface area contributed by atoms with Crippen LogP contribution in [0.25, 0.3) is 5.57 Å². The van der Waals surface area contributed by atoms with Crippen LogP contribution >= 0.6 is 0 Å². The summed E-state index contributed by atoms with van der Waals surface area (Å²) in [7, 11) is 0. The summed E-state index contributed by atoms with van der Waals surface area (Å²) < 4.78 is 5.48. The van der Waals surface area contributed by atoms with E-state index in [4.69, 9.17) is 4.74 Å². The second kappa shape index (κ2) is 8.30. The van der Waals surface area contributed by atoms with Crippen LogP contribution in [0.5, 0.6) is 5.75 Å². The number of hydrogen-bond donors (Lipinski definition) is 1. The van der Waals surface area contributed by atoms with E-state index in [0.717, 1.165) is 17.9 Å². The van der Waals surface area contributed by atoms with E-state index in [1.54, 1.807) is 0 Å². The third kappa shape index (κ3) is 3.79. The molecule has 0 bridgehead atoms. The van der Waals surface area contributed by atoms with Crippen LogP contribution in [0.4, 0.5) is 5.69 Å². The van der Waals surface area contributed by atoms with E-state index in [-0.39, 0.29) is 17.9 Å². The third-order valence-electron chi connectivity index (χ3n) is 4.72. The molecule has 0 saturated heterocycles. The van der Waals surface area contributed by atoms with Gasteiger partial charge in [0.25, 0.3) is 11.8 Å². The molecule has 0 radical (unpaired) electrons. The molecule has 28 heavy (non-hydrogen) atoms. The lowest BCUT2D eigenvalue weighted by Gasteiger charge is -2.19. The van der Waals surface area contributed by atoms with Crippen LogP contribution in [0.1, 0.15) is 38.8 Å². The van der Waals surface area contributed by atoms with Gasteiger partial charge in [-0.3, -0.25) is 14.5 Å². The highest BCUT2D eigenvalue weighted by Gasteiger charge is 2.40. The molecule has 1 N–H and O–H groups in total. The highest BCUT2D eigenvalue weighted by molar-refractivity contribution is 6.36. The lowest BCUT2D eigenvalue weighted by atomic mass is 10.0. The molecule has 3 rings (SSSR count). The summed E-state index contributed by atoms with van der Waals surface area (Å²) in [5.74, 6) is 0.147. The molecule has 0 atom stereocenters. The largest absolute Gasteiger partial charge is 0.494 e. The molecule has 1 heterocycles. The summed E-state index contributed by atoms with van der Waals surface area (Å²) in [5.41, 5.74) is 3.39. The Morgan fingerprint density at radius 1 is 0.929 bits per heavy atom. The van der Waals surface area contributed by atoms with Crippen molar-refractivity contribution >= 4 is 23.1 Å². The number of carbonyl (C=O) groups excluding carboxylic acids is 2. The van der Waals surface area contributed by atoms with Gasteiger partial charge < -0.3 is 10.1 Å². The average molecular weight is 378 g/mol. The quantitative estimate of drug-likeness (QED) is 0.732. The molecule has 0 aromatic heterocycles. The van der Waals surface area contributed by atoms with Gasteiger partial charge in [-0.05, 0) is 62.6 Å². The van der Waals surface area contributed by atoms with E-state index in [1.807, 2.05) is 69.3 Å². The highest BCUT2D eigenvalue weighted by Crippen LogP contribution is 2.32. The zero-order chi connectivity index (χ0) is 20.3. The predicted octanol–water partition coefficient (Wildman–Crippen LogP) is 4.25. The topological polar surface area (TPSA) is 58.6 Å². The van der Waals surface area contributed by atoms with Crippen LogP contribution in [0.15, 0.2) is 54.2 Å². The number of imide groups is 1. The van der Waals surface area contributed by atoms with Gasteiger partial charge in [0.05, 0.1) is 12.2 Å². The number of hydrogen-bond acceptors (Lipinski definition) is 4. The summed E-state index contributed by atoms with van der Waals surface area (Å²) in [4.78, 5) is 27.3. The Morgan fingerprint density at radius 2 is 1.57 bits per heavy atom. The number of aryl methyl sites for hydroxylation is 1. The first-order valence-corrected chi connectivity index (χ1v) is 9.67. The van der Waals surface area contributed by atoms with Crippen molar-refractivity contribution < 1.29 is 14.3 Å².